The van der Waals surface area contributed by atoms with E-state index in [-0.39, 0.29) is 22.5 Å². The standard InChI is InChI=1S/C19H24N4O5S/c1-12-9-15(11-17(14(12)3)29(26,27)20-4)18(24)22-5-7-23(8-6-22)19(25)16-10-13(2)21-28-16/h9-11,20H,5-8H2,1-4H3. The van der Waals surface area contributed by atoms with Crippen LogP contribution in [0, 0.1) is 20.8 Å². The number of rotatable bonds is 4. The van der Waals surface area contributed by atoms with Gasteiger partial charge in [0.2, 0.25) is 15.8 Å². The van der Waals surface area contributed by atoms with Crippen LogP contribution in [0.15, 0.2) is 27.6 Å². The molecule has 1 aliphatic rings. The van der Waals surface area contributed by atoms with Gasteiger partial charge in [-0.15, -0.1) is 0 Å². The van der Waals surface area contributed by atoms with E-state index in [1.54, 1.807) is 42.7 Å². The van der Waals surface area contributed by atoms with Gasteiger partial charge in [0.25, 0.3) is 11.8 Å². The van der Waals surface area contributed by atoms with E-state index in [1.165, 1.54) is 13.1 Å². The van der Waals surface area contributed by atoms with Crippen molar-refractivity contribution >= 4 is 21.8 Å². The highest BCUT2D eigenvalue weighted by Crippen LogP contribution is 2.22. The van der Waals surface area contributed by atoms with Crippen LogP contribution in [0.4, 0.5) is 0 Å². The van der Waals surface area contributed by atoms with Crippen molar-refractivity contribution in [1.29, 1.82) is 0 Å². The Kier molecular flexibility index (Phi) is 5.76. The molecule has 2 heterocycles. The van der Waals surface area contributed by atoms with Gasteiger partial charge in [-0.3, -0.25) is 9.59 Å². The minimum atomic E-state index is -3.68. The van der Waals surface area contributed by atoms with Crippen molar-refractivity contribution < 1.29 is 22.5 Å². The van der Waals surface area contributed by atoms with E-state index in [1.807, 2.05) is 0 Å². The molecule has 0 radical (unpaired) electrons. The monoisotopic (exact) mass is 420 g/mol. The number of carbonyl (C=O) groups excluding carboxylic acids is 2. The maximum Gasteiger partial charge on any atom is 0.292 e. The zero-order valence-corrected chi connectivity index (χ0v) is 17.7. The fraction of sp³-hybridized carbons (Fsp3) is 0.421. The highest BCUT2D eigenvalue weighted by atomic mass is 32.2. The topological polar surface area (TPSA) is 113 Å². The third-order valence-electron chi connectivity index (χ3n) is 5.12. The van der Waals surface area contributed by atoms with Crippen molar-refractivity contribution in [1.82, 2.24) is 19.7 Å². The Morgan fingerprint density at radius 1 is 1.00 bits per heavy atom. The zero-order valence-electron chi connectivity index (χ0n) is 16.9. The van der Waals surface area contributed by atoms with E-state index in [0.717, 1.165) is 5.56 Å². The molecule has 2 amide bonds. The molecule has 1 aromatic carbocycles. The van der Waals surface area contributed by atoms with Gasteiger partial charge in [-0.2, -0.15) is 0 Å². The molecule has 0 spiro atoms. The Hall–Kier alpha value is -2.72. The Balaban J connectivity index is 1.75. The predicted molar refractivity (Wildman–Crippen MR) is 105 cm³/mol. The van der Waals surface area contributed by atoms with E-state index in [4.69, 9.17) is 4.52 Å². The van der Waals surface area contributed by atoms with E-state index in [2.05, 4.69) is 9.88 Å². The second kappa shape index (κ2) is 7.96. The van der Waals surface area contributed by atoms with Gasteiger partial charge in [0.05, 0.1) is 10.6 Å². The van der Waals surface area contributed by atoms with Gasteiger partial charge in [-0.1, -0.05) is 5.16 Å². The molecule has 1 aromatic heterocycles. The van der Waals surface area contributed by atoms with Crippen LogP contribution in [0.2, 0.25) is 0 Å². The zero-order chi connectivity index (χ0) is 21.3. The van der Waals surface area contributed by atoms with Crippen molar-refractivity contribution in [3.05, 3.63) is 46.3 Å². The molecule has 1 N–H and O–H groups in total. The van der Waals surface area contributed by atoms with Gasteiger partial charge in [0.15, 0.2) is 0 Å². The summed E-state index contributed by atoms with van der Waals surface area (Å²) in [6.07, 6.45) is 0. The number of hydrogen-bond donors (Lipinski definition) is 1. The molecule has 1 saturated heterocycles. The summed E-state index contributed by atoms with van der Waals surface area (Å²) < 4.78 is 31.9. The number of sulfonamides is 1. The van der Waals surface area contributed by atoms with Crippen LogP contribution in [0.25, 0.3) is 0 Å². The quantitative estimate of drug-likeness (QED) is 0.793. The summed E-state index contributed by atoms with van der Waals surface area (Å²) in [5.41, 5.74) is 2.27. The third kappa shape index (κ3) is 4.18. The third-order valence-corrected chi connectivity index (χ3v) is 6.66. The van der Waals surface area contributed by atoms with Gasteiger partial charge in [-0.25, -0.2) is 13.1 Å². The van der Waals surface area contributed by atoms with Crippen LogP contribution in [0.1, 0.15) is 37.7 Å². The molecule has 29 heavy (non-hydrogen) atoms. The first-order valence-electron chi connectivity index (χ1n) is 9.20. The predicted octanol–water partition coefficient (Wildman–Crippen LogP) is 1.11. The highest BCUT2D eigenvalue weighted by molar-refractivity contribution is 7.89. The molecule has 3 rings (SSSR count). The lowest BCUT2D eigenvalue weighted by Crippen LogP contribution is -2.50. The second-order valence-electron chi connectivity index (χ2n) is 7.04. The number of aromatic nitrogens is 1. The molecule has 1 aliphatic heterocycles. The number of nitrogens with one attached hydrogen (secondary N) is 1. The fourth-order valence-electron chi connectivity index (χ4n) is 3.25. The normalized spacial score (nSPS) is 14.9. The Bertz CT molecular complexity index is 1050. The number of piperazine rings is 1. The molecule has 0 unspecified atom stereocenters. The molecule has 0 aliphatic carbocycles. The molecule has 10 heteroatoms. The van der Waals surface area contributed by atoms with Crippen molar-refractivity contribution in [3.8, 4) is 0 Å². The summed E-state index contributed by atoms with van der Waals surface area (Å²) in [6.45, 7) is 6.63. The van der Waals surface area contributed by atoms with Gasteiger partial charge in [0, 0.05) is 37.8 Å². The van der Waals surface area contributed by atoms with E-state index in [9.17, 15) is 18.0 Å². The summed E-state index contributed by atoms with van der Waals surface area (Å²) in [5, 5.41) is 3.72. The van der Waals surface area contributed by atoms with Crippen LogP contribution in [-0.2, 0) is 10.0 Å². The lowest BCUT2D eigenvalue weighted by molar-refractivity contribution is 0.0512. The number of hydrogen-bond acceptors (Lipinski definition) is 6. The van der Waals surface area contributed by atoms with Crippen LogP contribution in [0.5, 0.6) is 0 Å². The van der Waals surface area contributed by atoms with Crippen LogP contribution in [0.3, 0.4) is 0 Å². The van der Waals surface area contributed by atoms with E-state index >= 15 is 0 Å². The first kappa shape index (κ1) is 21.0. The number of nitrogens with zero attached hydrogens (tertiary/aromatic N) is 3. The second-order valence-corrected chi connectivity index (χ2v) is 8.90. The van der Waals surface area contributed by atoms with Gasteiger partial charge in [-0.05, 0) is 51.1 Å². The van der Waals surface area contributed by atoms with Gasteiger partial charge in [0.1, 0.15) is 0 Å². The molecule has 0 saturated carbocycles. The number of benzene rings is 1. The van der Waals surface area contributed by atoms with Crippen molar-refractivity contribution in [3.63, 3.8) is 0 Å². The summed E-state index contributed by atoms with van der Waals surface area (Å²) in [5.74, 6) is -0.340. The smallest absolute Gasteiger partial charge is 0.292 e. The lowest BCUT2D eigenvalue weighted by Gasteiger charge is -2.34. The summed E-state index contributed by atoms with van der Waals surface area (Å²) >= 11 is 0. The highest BCUT2D eigenvalue weighted by Gasteiger charge is 2.28. The molecular weight excluding hydrogens is 396 g/mol. The average Bonchev–Trinajstić information content (AvgIpc) is 3.15. The first-order chi connectivity index (χ1) is 13.6. The van der Waals surface area contributed by atoms with Crippen LogP contribution < -0.4 is 4.72 Å². The van der Waals surface area contributed by atoms with Crippen molar-refractivity contribution in [2.24, 2.45) is 0 Å². The number of aryl methyl sites for hydroxylation is 2. The molecular formula is C19H24N4O5S. The maximum atomic E-state index is 13.0. The van der Waals surface area contributed by atoms with E-state index in [0.29, 0.717) is 43.0 Å². The SMILES string of the molecule is CNS(=O)(=O)c1cc(C(=O)N2CCN(C(=O)c3cc(C)no3)CC2)cc(C)c1C. The fourth-order valence-corrected chi connectivity index (χ4v) is 4.32. The Labute approximate surface area is 169 Å². The molecule has 0 bridgehead atoms. The minimum Gasteiger partial charge on any atom is -0.351 e. The van der Waals surface area contributed by atoms with Gasteiger partial charge >= 0.3 is 0 Å². The average molecular weight is 420 g/mol. The Morgan fingerprint density at radius 3 is 2.10 bits per heavy atom. The summed E-state index contributed by atoms with van der Waals surface area (Å²) in [7, 11) is -2.34. The Morgan fingerprint density at radius 2 is 1.59 bits per heavy atom. The molecule has 0 atom stereocenters. The van der Waals surface area contributed by atoms with Crippen molar-refractivity contribution in [2.45, 2.75) is 25.7 Å². The molecule has 1 fully saturated rings. The largest absolute Gasteiger partial charge is 0.351 e. The summed E-state index contributed by atoms with van der Waals surface area (Å²) in [6, 6.07) is 4.69. The molecule has 156 valence electrons. The number of carbonyl (C=O) groups is 2. The molecule has 2 aromatic rings. The van der Waals surface area contributed by atoms with E-state index < -0.39 is 10.0 Å². The molecule has 9 nitrogen and oxygen atoms in total. The number of amides is 2. The maximum absolute atomic E-state index is 13.0. The van der Waals surface area contributed by atoms with Crippen LogP contribution >= 0.6 is 0 Å². The minimum absolute atomic E-state index is 0.0952. The lowest BCUT2D eigenvalue weighted by atomic mass is 10.0. The van der Waals surface area contributed by atoms with Gasteiger partial charge < -0.3 is 14.3 Å². The van der Waals surface area contributed by atoms with Crippen molar-refractivity contribution in [2.75, 3.05) is 33.2 Å². The van der Waals surface area contributed by atoms with Crippen LogP contribution in [-0.4, -0.2) is 68.4 Å². The summed E-state index contributed by atoms with van der Waals surface area (Å²) in [4.78, 5) is 28.7. The first-order valence-corrected chi connectivity index (χ1v) is 10.7.